The molecule has 9 nitrogen and oxygen atoms in total. The highest BCUT2D eigenvalue weighted by atomic mass is 35.5. The van der Waals surface area contributed by atoms with E-state index in [9.17, 15) is 13.2 Å². The number of aromatic nitrogens is 3. The van der Waals surface area contributed by atoms with Gasteiger partial charge in [-0.1, -0.05) is 28.4 Å². The van der Waals surface area contributed by atoms with Crippen molar-refractivity contribution in [1.29, 1.82) is 0 Å². The molecule has 1 fully saturated rings. The third kappa shape index (κ3) is 4.93. The molecule has 2 aromatic heterocycles. The number of sulfonamides is 1. The average Bonchev–Trinajstić information content (AvgIpc) is 3.29. The van der Waals surface area contributed by atoms with E-state index in [2.05, 4.69) is 15.1 Å². The summed E-state index contributed by atoms with van der Waals surface area (Å²) in [6.07, 6.45) is 3.87. The van der Waals surface area contributed by atoms with Crippen LogP contribution < -0.4 is 0 Å². The summed E-state index contributed by atoms with van der Waals surface area (Å²) in [5, 5.41) is 4.22. The van der Waals surface area contributed by atoms with Crippen LogP contribution in [0.4, 0.5) is 0 Å². The SMILES string of the molecule is O=C(OCc1nc(-c2cccnc2)no1)C1CCN(S(=O)(=O)c2cc(Cl)ccc2Cl)CC1. The Morgan fingerprint density at radius 3 is 2.72 bits per heavy atom. The first-order valence-electron chi connectivity index (χ1n) is 9.69. The molecule has 0 spiro atoms. The number of ether oxygens (including phenoxy) is 1. The van der Waals surface area contributed by atoms with E-state index in [0.717, 1.165) is 0 Å². The Bertz CT molecular complexity index is 1210. The smallest absolute Gasteiger partial charge is 0.309 e. The summed E-state index contributed by atoms with van der Waals surface area (Å²) in [6.45, 7) is 0.163. The molecule has 168 valence electrons. The van der Waals surface area contributed by atoms with Crippen molar-refractivity contribution in [2.24, 2.45) is 5.92 Å². The van der Waals surface area contributed by atoms with Gasteiger partial charge in [-0.3, -0.25) is 9.78 Å². The van der Waals surface area contributed by atoms with Gasteiger partial charge in [0.25, 0.3) is 5.89 Å². The second-order valence-corrected chi connectivity index (χ2v) is 9.86. The molecular formula is C20H18Cl2N4O5S. The third-order valence-electron chi connectivity index (χ3n) is 5.02. The lowest BCUT2D eigenvalue weighted by molar-refractivity contribution is -0.152. The Morgan fingerprint density at radius 2 is 2.00 bits per heavy atom. The molecule has 0 amide bonds. The molecule has 12 heteroatoms. The number of piperidine rings is 1. The molecule has 1 aliphatic rings. The molecule has 3 aromatic rings. The maximum atomic E-state index is 12.9. The minimum absolute atomic E-state index is 0.0477. The number of halogens is 2. The van der Waals surface area contributed by atoms with Gasteiger partial charge in [-0.25, -0.2) is 8.42 Å². The van der Waals surface area contributed by atoms with Crippen molar-refractivity contribution < 1.29 is 22.5 Å². The van der Waals surface area contributed by atoms with Crippen molar-refractivity contribution in [2.45, 2.75) is 24.3 Å². The molecule has 0 radical (unpaired) electrons. The van der Waals surface area contributed by atoms with Gasteiger partial charge >= 0.3 is 5.97 Å². The van der Waals surface area contributed by atoms with E-state index in [1.165, 1.54) is 22.5 Å². The molecule has 0 unspecified atom stereocenters. The van der Waals surface area contributed by atoms with Crippen LogP contribution in [0.15, 0.2) is 52.1 Å². The lowest BCUT2D eigenvalue weighted by Gasteiger charge is -2.30. The number of hydrogen-bond donors (Lipinski definition) is 0. The zero-order valence-electron chi connectivity index (χ0n) is 16.6. The largest absolute Gasteiger partial charge is 0.455 e. The molecule has 0 bridgehead atoms. The maximum Gasteiger partial charge on any atom is 0.309 e. The van der Waals surface area contributed by atoms with Crippen LogP contribution in [-0.4, -0.2) is 46.9 Å². The molecule has 1 aromatic carbocycles. The summed E-state index contributed by atoms with van der Waals surface area (Å²) in [5.74, 6) is -0.365. The normalized spacial score (nSPS) is 15.6. The molecule has 32 heavy (non-hydrogen) atoms. The summed E-state index contributed by atoms with van der Waals surface area (Å²) < 4.78 is 37.5. The minimum Gasteiger partial charge on any atom is -0.455 e. The first kappa shape index (κ1) is 22.7. The second-order valence-electron chi connectivity index (χ2n) is 7.11. The van der Waals surface area contributed by atoms with Crippen molar-refractivity contribution in [3.05, 3.63) is 58.7 Å². The molecule has 4 rings (SSSR count). The topological polar surface area (TPSA) is 115 Å². The number of benzene rings is 1. The summed E-state index contributed by atoms with van der Waals surface area (Å²) in [5.41, 5.74) is 0.683. The van der Waals surface area contributed by atoms with Crippen molar-refractivity contribution in [1.82, 2.24) is 19.4 Å². The summed E-state index contributed by atoms with van der Waals surface area (Å²) in [6, 6.07) is 7.82. The average molecular weight is 497 g/mol. The highest BCUT2D eigenvalue weighted by Gasteiger charge is 2.34. The van der Waals surface area contributed by atoms with Crippen LogP contribution in [0.2, 0.25) is 10.0 Å². The summed E-state index contributed by atoms with van der Waals surface area (Å²) >= 11 is 12.0. The highest BCUT2D eigenvalue weighted by Crippen LogP contribution is 2.30. The fourth-order valence-electron chi connectivity index (χ4n) is 3.32. The van der Waals surface area contributed by atoms with E-state index in [0.29, 0.717) is 24.2 Å². The number of pyridine rings is 1. The van der Waals surface area contributed by atoms with Crippen molar-refractivity contribution in [3.63, 3.8) is 0 Å². The lowest BCUT2D eigenvalue weighted by atomic mass is 9.98. The van der Waals surface area contributed by atoms with Gasteiger partial charge < -0.3 is 9.26 Å². The van der Waals surface area contributed by atoms with Gasteiger partial charge in [-0.05, 0) is 43.2 Å². The Hall–Kier alpha value is -2.53. The number of carbonyl (C=O) groups excluding carboxylic acids is 1. The molecule has 0 atom stereocenters. The summed E-state index contributed by atoms with van der Waals surface area (Å²) in [7, 11) is -3.82. The van der Waals surface area contributed by atoms with Crippen molar-refractivity contribution in [3.8, 4) is 11.4 Å². The van der Waals surface area contributed by atoms with Gasteiger partial charge in [-0.2, -0.15) is 9.29 Å². The van der Waals surface area contributed by atoms with E-state index < -0.39 is 21.9 Å². The van der Waals surface area contributed by atoms with Crippen molar-refractivity contribution >= 4 is 39.2 Å². The Labute approximate surface area is 194 Å². The number of hydrogen-bond acceptors (Lipinski definition) is 8. The maximum absolute atomic E-state index is 12.9. The van der Waals surface area contributed by atoms with Crippen LogP contribution in [0, 0.1) is 5.92 Å². The Balaban J connectivity index is 1.32. The highest BCUT2D eigenvalue weighted by molar-refractivity contribution is 7.89. The zero-order chi connectivity index (χ0) is 22.7. The predicted octanol–water partition coefficient (Wildman–Crippen LogP) is 3.58. The first-order chi connectivity index (χ1) is 15.3. The quantitative estimate of drug-likeness (QED) is 0.475. The predicted molar refractivity (Wildman–Crippen MR) is 115 cm³/mol. The van der Waals surface area contributed by atoms with Gasteiger partial charge in [0.15, 0.2) is 6.61 Å². The molecule has 3 heterocycles. The monoisotopic (exact) mass is 496 g/mol. The van der Waals surface area contributed by atoms with Gasteiger partial charge in [0.05, 0.1) is 10.9 Å². The van der Waals surface area contributed by atoms with E-state index in [-0.39, 0.29) is 40.5 Å². The van der Waals surface area contributed by atoms with E-state index in [4.69, 9.17) is 32.5 Å². The third-order valence-corrected chi connectivity index (χ3v) is 7.64. The number of nitrogens with zero attached hydrogens (tertiary/aromatic N) is 4. The fraction of sp³-hybridized carbons (Fsp3) is 0.300. The van der Waals surface area contributed by atoms with Gasteiger partial charge in [0, 0.05) is 36.1 Å². The molecular weight excluding hydrogens is 479 g/mol. The molecule has 0 N–H and O–H groups in total. The second kappa shape index (κ2) is 9.53. The minimum atomic E-state index is -3.82. The zero-order valence-corrected chi connectivity index (χ0v) is 19.0. The van der Waals surface area contributed by atoms with Crippen LogP contribution >= 0.6 is 23.2 Å². The molecule has 0 aliphatic carbocycles. The number of rotatable bonds is 6. The molecule has 0 saturated carbocycles. The van der Waals surface area contributed by atoms with Gasteiger partial charge in [0.1, 0.15) is 4.90 Å². The van der Waals surface area contributed by atoms with Crippen LogP contribution in [-0.2, 0) is 26.2 Å². The molecule has 1 saturated heterocycles. The van der Waals surface area contributed by atoms with Crippen LogP contribution in [0.25, 0.3) is 11.4 Å². The Kier molecular flexibility index (Phi) is 6.75. The van der Waals surface area contributed by atoms with Crippen LogP contribution in [0.3, 0.4) is 0 Å². The van der Waals surface area contributed by atoms with Crippen molar-refractivity contribution in [2.75, 3.05) is 13.1 Å². The summed E-state index contributed by atoms with van der Waals surface area (Å²) in [4.78, 5) is 20.6. The Morgan fingerprint density at radius 1 is 1.22 bits per heavy atom. The van der Waals surface area contributed by atoms with Crippen LogP contribution in [0.5, 0.6) is 0 Å². The van der Waals surface area contributed by atoms with Gasteiger partial charge in [-0.15, -0.1) is 0 Å². The standard InChI is InChI=1S/C20H18Cl2N4O5S/c21-15-3-4-16(22)17(10-15)32(28,29)26-8-5-13(6-9-26)20(27)30-12-18-24-19(25-31-18)14-2-1-7-23-11-14/h1-4,7,10-11,13H,5-6,8-9,12H2. The van der Waals surface area contributed by atoms with Gasteiger partial charge in [0.2, 0.25) is 15.8 Å². The molecule has 1 aliphatic heterocycles. The van der Waals surface area contributed by atoms with E-state index in [1.54, 1.807) is 24.5 Å². The van der Waals surface area contributed by atoms with E-state index in [1.807, 2.05) is 0 Å². The number of esters is 1. The number of carbonyl (C=O) groups is 1. The lowest BCUT2D eigenvalue weighted by Crippen LogP contribution is -2.40. The first-order valence-corrected chi connectivity index (χ1v) is 11.9. The van der Waals surface area contributed by atoms with E-state index >= 15 is 0 Å². The van der Waals surface area contributed by atoms with Crippen LogP contribution in [0.1, 0.15) is 18.7 Å². The fourth-order valence-corrected chi connectivity index (χ4v) is 5.53.